The van der Waals surface area contributed by atoms with E-state index in [1.54, 1.807) is 0 Å². The minimum Gasteiger partial charge on any atom is -0.327 e. The van der Waals surface area contributed by atoms with Gasteiger partial charge in [-0.3, -0.25) is 0 Å². The highest BCUT2D eigenvalue weighted by atomic mass is 15.1. The van der Waals surface area contributed by atoms with E-state index in [-0.39, 0.29) is 0 Å². The Labute approximate surface area is 101 Å². The van der Waals surface area contributed by atoms with Crippen molar-refractivity contribution in [3.8, 4) is 0 Å². The molecule has 0 heterocycles. The molecular weight excluding hydrogens is 196 g/mol. The fraction of sp³-hybridized carbons (Fsp3) is 1.00. The summed E-state index contributed by atoms with van der Waals surface area (Å²) >= 11 is 0. The SMILES string of the molecule is CCCC(C)N(C)CC1C2CCC(C2)C1N. The summed E-state index contributed by atoms with van der Waals surface area (Å²) in [6.45, 7) is 5.85. The number of hydrogen-bond acceptors (Lipinski definition) is 2. The lowest BCUT2D eigenvalue weighted by Crippen LogP contribution is -2.44. The zero-order chi connectivity index (χ0) is 11.7. The monoisotopic (exact) mass is 224 g/mol. The van der Waals surface area contributed by atoms with Crippen molar-refractivity contribution >= 4 is 0 Å². The van der Waals surface area contributed by atoms with Crippen molar-refractivity contribution in [2.75, 3.05) is 13.6 Å². The van der Waals surface area contributed by atoms with Crippen LogP contribution in [-0.4, -0.2) is 30.6 Å². The number of rotatable bonds is 5. The molecule has 0 aromatic carbocycles. The van der Waals surface area contributed by atoms with Gasteiger partial charge in [0.15, 0.2) is 0 Å². The molecule has 0 spiro atoms. The van der Waals surface area contributed by atoms with Crippen molar-refractivity contribution in [1.82, 2.24) is 4.90 Å². The largest absolute Gasteiger partial charge is 0.327 e. The Bertz CT molecular complexity index is 227. The Morgan fingerprint density at radius 1 is 1.31 bits per heavy atom. The van der Waals surface area contributed by atoms with E-state index in [0.29, 0.717) is 6.04 Å². The van der Waals surface area contributed by atoms with E-state index in [9.17, 15) is 0 Å². The van der Waals surface area contributed by atoms with Crippen LogP contribution >= 0.6 is 0 Å². The standard InChI is InChI=1S/C14H28N2/c1-4-5-10(2)16(3)9-13-11-6-7-12(8-11)14(13)15/h10-14H,4-9,15H2,1-3H3. The minimum atomic E-state index is 0.495. The maximum Gasteiger partial charge on any atom is 0.0111 e. The zero-order valence-corrected chi connectivity index (χ0v) is 11.2. The van der Waals surface area contributed by atoms with Crippen molar-refractivity contribution in [3.63, 3.8) is 0 Å². The molecule has 0 amide bonds. The van der Waals surface area contributed by atoms with Crippen molar-refractivity contribution in [2.24, 2.45) is 23.5 Å². The predicted octanol–water partition coefficient (Wildman–Crippen LogP) is 2.48. The summed E-state index contributed by atoms with van der Waals surface area (Å²) in [7, 11) is 2.28. The quantitative estimate of drug-likeness (QED) is 0.777. The van der Waals surface area contributed by atoms with Gasteiger partial charge in [0.1, 0.15) is 0 Å². The molecule has 2 fully saturated rings. The van der Waals surface area contributed by atoms with Crippen LogP contribution in [-0.2, 0) is 0 Å². The fourth-order valence-corrected chi connectivity index (χ4v) is 3.88. The molecule has 16 heavy (non-hydrogen) atoms. The second-order valence-electron chi connectivity index (χ2n) is 6.15. The van der Waals surface area contributed by atoms with Crippen LogP contribution in [0.5, 0.6) is 0 Å². The van der Waals surface area contributed by atoms with Crippen LogP contribution in [0.25, 0.3) is 0 Å². The van der Waals surface area contributed by atoms with Gasteiger partial charge in [-0.15, -0.1) is 0 Å². The van der Waals surface area contributed by atoms with E-state index in [1.165, 1.54) is 38.6 Å². The van der Waals surface area contributed by atoms with Gasteiger partial charge in [-0.25, -0.2) is 0 Å². The second kappa shape index (κ2) is 5.05. The summed E-state index contributed by atoms with van der Waals surface area (Å²) in [4.78, 5) is 2.54. The summed E-state index contributed by atoms with van der Waals surface area (Å²) in [5.74, 6) is 2.57. The first-order valence-corrected chi connectivity index (χ1v) is 7.09. The van der Waals surface area contributed by atoms with Gasteiger partial charge in [-0.1, -0.05) is 13.3 Å². The average molecular weight is 224 g/mol. The molecule has 94 valence electrons. The van der Waals surface area contributed by atoms with Gasteiger partial charge >= 0.3 is 0 Å². The molecule has 2 rings (SSSR count). The smallest absolute Gasteiger partial charge is 0.0111 e. The normalized spacial score (nSPS) is 39.6. The molecular formula is C14H28N2. The molecule has 2 bridgehead atoms. The van der Waals surface area contributed by atoms with Crippen molar-refractivity contribution in [2.45, 2.75) is 58.0 Å². The third kappa shape index (κ3) is 2.28. The Morgan fingerprint density at radius 2 is 2.00 bits per heavy atom. The summed E-state index contributed by atoms with van der Waals surface area (Å²) in [5.41, 5.74) is 6.36. The summed E-state index contributed by atoms with van der Waals surface area (Å²) < 4.78 is 0. The molecule has 5 unspecified atom stereocenters. The fourth-order valence-electron chi connectivity index (χ4n) is 3.88. The lowest BCUT2D eigenvalue weighted by atomic mass is 9.84. The van der Waals surface area contributed by atoms with Gasteiger partial charge in [0.2, 0.25) is 0 Å². The molecule has 2 N–H and O–H groups in total. The van der Waals surface area contributed by atoms with Crippen LogP contribution in [0.2, 0.25) is 0 Å². The predicted molar refractivity (Wildman–Crippen MR) is 69.3 cm³/mol. The van der Waals surface area contributed by atoms with Gasteiger partial charge in [-0.05, 0) is 57.4 Å². The minimum absolute atomic E-state index is 0.495. The van der Waals surface area contributed by atoms with Gasteiger partial charge in [0, 0.05) is 18.6 Å². The molecule has 0 aliphatic heterocycles. The first kappa shape index (κ1) is 12.4. The Morgan fingerprint density at radius 3 is 2.56 bits per heavy atom. The lowest BCUT2D eigenvalue weighted by Gasteiger charge is -2.34. The molecule has 5 atom stereocenters. The topological polar surface area (TPSA) is 29.3 Å². The maximum atomic E-state index is 6.36. The van der Waals surface area contributed by atoms with Crippen LogP contribution < -0.4 is 5.73 Å². The number of nitrogens with two attached hydrogens (primary N) is 1. The molecule has 2 nitrogen and oxygen atoms in total. The van der Waals surface area contributed by atoms with Crippen LogP contribution in [0, 0.1) is 17.8 Å². The summed E-state index contributed by atoms with van der Waals surface area (Å²) in [5, 5.41) is 0. The van der Waals surface area contributed by atoms with Crippen LogP contribution in [0.4, 0.5) is 0 Å². The lowest BCUT2D eigenvalue weighted by molar-refractivity contribution is 0.161. The molecule has 0 aromatic rings. The highest BCUT2D eigenvalue weighted by Crippen LogP contribution is 2.47. The highest BCUT2D eigenvalue weighted by molar-refractivity contribution is 4.99. The van der Waals surface area contributed by atoms with Crippen LogP contribution in [0.1, 0.15) is 46.0 Å². The van der Waals surface area contributed by atoms with Gasteiger partial charge in [0.05, 0.1) is 0 Å². The Balaban J connectivity index is 1.85. The average Bonchev–Trinajstić information content (AvgIpc) is 2.82. The molecule has 0 saturated heterocycles. The third-order valence-corrected chi connectivity index (χ3v) is 5.12. The molecule has 0 radical (unpaired) electrons. The molecule has 2 heteroatoms. The maximum absolute atomic E-state index is 6.36. The molecule has 2 saturated carbocycles. The number of hydrogen-bond donors (Lipinski definition) is 1. The van der Waals surface area contributed by atoms with Crippen molar-refractivity contribution < 1.29 is 0 Å². The Hall–Kier alpha value is -0.0800. The van der Waals surface area contributed by atoms with E-state index < -0.39 is 0 Å². The second-order valence-corrected chi connectivity index (χ2v) is 6.15. The Kier molecular flexibility index (Phi) is 3.91. The van der Waals surface area contributed by atoms with E-state index in [2.05, 4.69) is 25.8 Å². The van der Waals surface area contributed by atoms with E-state index in [0.717, 1.165) is 23.8 Å². The zero-order valence-electron chi connectivity index (χ0n) is 11.2. The van der Waals surface area contributed by atoms with Gasteiger partial charge < -0.3 is 10.6 Å². The summed E-state index contributed by atoms with van der Waals surface area (Å²) in [6.07, 6.45) is 6.86. The van der Waals surface area contributed by atoms with Gasteiger partial charge in [-0.2, -0.15) is 0 Å². The first-order valence-electron chi connectivity index (χ1n) is 7.09. The first-order chi connectivity index (χ1) is 7.63. The summed E-state index contributed by atoms with van der Waals surface area (Å²) in [6, 6.07) is 1.21. The molecule has 0 aromatic heterocycles. The highest BCUT2D eigenvalue weighted by Gasteiger charge is 2.45. The van der Waals surface area contributed by atoms with E-state index in [1.807, 2.05) is 0 Å². The van der Waals surface area contributed by atoms with Crippen LogP contribution in [0.3, 0.4) is 0 Å². The van der Waals surface area contributed by atoms with Crippen LogP contribution in [0.15, 0.2) is 0 Å². The number of nitrogens with zero attached hydrogens (tertiary/aromatic N) is 1. The van der Waals surface area contributed by atoms with Gasteiger partial charge in [0.25, 0.3) is 0 Å². The van der Waals surface area contributed by atoms with E-state index in [4.69, 9.17) is 5.73 Å². The van der Waals surface area contributed by atoms with Crippen molar-refractivity contribution in [1.29, 1.82) is 0 Å². The third-order valence-electron chi connectivity index (χ3n) is 5.12. The number of fused-ring (bicyclic) bond motifs is 2. The molecule has 2 aliphatic carbocycles. The van der Waals surface area contributed by atoms with E-state index >= 15 is 0 Å². The van der Waals surface area contributed by atoms with Crippen molar-refractivity contribution in [3.05, 3.63) is 0 Å². The molecule has 2 aliphatic rings.